The highest BCUT2D eigenvalue weighted by atomic mass is 35.5. The zero-order chi connectivity index (χ0) is 15.2. The van der Waals surface area contributed by atoms with E-state index in [4.69, 9.17) is 39.5 Å². The van der Waals surface area contributed by atoms with E-state index in [0.29, 0.717) is 26.5 Å². The lowest BCUT2D eigenvalue weighted by molar-refractivity contribution is 0.117. The first kappa shape index (κ1) is 16.2. The Morgan fingerprint density at radius 1 is 1.00 bits per heavy atom. The summed E-state index contributed by atoms with van der Waals surface area (Å²) in [6, 6.07) is 12.2. The summed E-state index contributed by atoms with van der Waals surface area (Å²) < 4.78 is 5.46. The largest absolute Gasteiger partial charge is 0.491 e. The van der Waals surface area contributed by atoms with Crippen molar-refractivity contribution in [3.8, 4) is 5.75 Å². The van der Waals surface area contributed by atoms with E-state index in [0.717, 1.165) is 0 Å². The second kappa shape index (κ2) is 7.76. The number of aliphatic hydroxyl groups excluding tert-OH is 1. The van der Waals surface area contributed by atoms with Gasteiger partial charge in [-0.3, -0.25) is 0 Å². The Morgan fingerprint density at radius 3 is 2.24 bits per heavy atom. The van der Waals surface area contributed by atoms with Crippen molar-refractivity contribution in [3.63, 3.8) is 0 Å². The lowest BCUT2D eigenvalue weighted by Crippen LogP contribution is -2.26. The van der Waals surface area contributed by atoms with Crippen molar-refractivity contribution in [2.24, 2.45) is 0 Å². The number of hydrogen-bond donors (Lipinski definition) is 2. The fraction of sp³-hybridized carbons (Fsp3) is 0.200. The van der Waals surface area contributed by atoms with E-state index < -0.39 is 6.10 Å². The molecule has 21 heavy (non-hydrogen) atoms. The van der Waals surface area contributed by atoms with Gasteiger partial charge in [-0.15, -0.1) is 0 Å². The Morgan fingerprint density at radius 2 is 1.62 bits per heavy atom. The minimum absolute atomic E-state index is 0.150. The Kier molecular flexibility index (Phi) is 6.00. The van der Waals surface area contributed by atoms with Gasteiger partial charge in [0.15, 0.2) is 0 Å². The average Bonchev–Trinajstić information content (AvgIpc) is 2.46. The molecule has 1 atom stereocenters. The number of para-hydroxylation sites is 1. The minimum atomic E-state index is -0.701. The molecule has 0 bridgehead atoms. The molecular formula is C15H14Cl3NO2. The summed E-state index contributed by atoms with van der Waals surface area (Å²) in [7, 11) is 0. The third-order valence-corrected chi connectivity index (χ3v) is 3.62. The van der Waals surface area contributed by atoms with Crippen molar-refractivity contribution >= 4 is 40.5 Å². The highest BCUT2D eigenvalue weighted by Crippen LogP contribution is 2.29. The predicted octanol–water partition coefficient (Wildman–Crippen LogP) is 4.50. The zero-order valence-corrected chi connectivity index (χ0v) is 13.3. The predicted molar refractivity (Wildman–Crippen MR) is 87.9 cm³/mol. The highest BCUT2D eigenvalue weighted by molar-refractivity contribution is 6.39. The van der Waals surface area contributed by atoms with Crippen LogP contribution in [-0.2, 0) is 0 Å². The van der Waals surface area contributed by atoms with Gasteiger partial charge in [0.1, 0.15) is 18.5 Å². The molecule has 0 aromatic heterocycles. The summed E-state index contributed by atoms with van der Waals surface area (Å²) in [4.78, 5) is 0. The Labute approximate surface area is 138 Å². The standard InChI is InChI=1S/C15H14Cl3NO2/c16-10-4-6-12(7-5-10)21-9-11(20)8-19-15-13(17)2-1-3-14(15)18/h1-7,11,19-20H,8-9H2. The zero-order valence-electron chi connectivity index (χ0n) is 11.0. The molecule has 0 saturated carbocycles. The summed E-state index contributed by atoms with van der Waals surface area (Å²) in [5, 5.41) is 14.6. The number of anilines is 1. The van der Waals surface area contributed by atoms with Crippen molar-refractivity contribution in [2.75, 3.05) is 18.5 Å². The molecule has 2 aromatic rings. The third kappa shape index (κ3) is 4.97. The molecule has 0 aliphatic heterocycles. The van der Waals surface area contributed by atoms with Gasteiger partial charge in [0.2, 0.25) is 0 Å². The van der Waals surface area contributed by atoms with Crippen LogP contribution in [-0.4, -0.2) is 24.4 Å². The molecule has 2 aromatic carbocycles. The van der Waals surface area contributed by atoms with Crippen LogP contribution in [0.2, 0.25) is 15.1 Å². The first-order valence-corrected chi connectivity index (χ1v) is 7.44. The summed E-state index contributed by atoms with van der Waals surface area (Å²) in [5.41, 5.74) is 0.603. The Hall–Kier alpha value is -1.13. The van der Waals surface area contributed by atoms with Gasteiger partial charge in [-0.25, -0.2) is 0 Å². The Balaban J connectivity index is 1.82. The van der Waals surface area contributed by atoms with Crippen molar-refractivity contribution in [2.45, 2.75) is 6.10 Å². The number of hydrogen-bond acceptors (Lipinski definition) is 3. The molecule has 6 heteroatoms. The van der Waals surface area contributed by atoms with Crippen molar-refractivity contribution in [1.29, 1.82) is 0 Å². The maximum absolute atomic E-state index is 9.91. The SMILES string of the molecule is OC(CNc1c(Cl)cccc1Cl)COc1ccc(Cl)cc1. The van der Waals surface area contributed by atoms with Gasteiger partial charge < -0.3 is 15.2 Å². The highest BCUT2D eigenvalue weighted by Gasteiger charge is 2.09. The van der Waals surface area contributed by atoms with E-state index in [1.807, 2.05) is 0 Å². The van der Waals surface area contributed by atoms with Crippen molar-refractivity contribution in [1.82, 2.24) is 0 Å². The molecule has 112 valence electrons. The van der Waals surface area contributed by atoms with Crippen LogP contribution in [0.25, 0.3) is 0 Å². The Bertz CT molecular complexity index is 570. The monoisotopic (exact) mass is 345 g/mol. The lowest BCUT2D eigenvalue weighted by atomic mass is 10.3. The van der Waals surface area contributed by atoms with Gasteiger partial charge in [-0.1, -0.05) is 40.9 Å². The fourth-order valence-corrected chi connectivity index (χ4v) is 2.33. The molecule has 0 heterocycles. The summed E-state index contributed by atoms with van der Waals surface area (Å²) in [6.45, 7) is 0.424. The molecule has 1 unspecified atom stereocenters. The van der Waals surface area contributed by atoms with Gasteiger partial charge in [0.25, 0.3) is 0 Å². The minimum Gasteiger partial charge on any atom is -0.491 e. The molecule has 0 radical (unpaired) electrons. The quantitative estimate of drug-likeness (QED) is 0.809. The van der Waals surface area contributed by atoms with Crippen LogP contribution in [0.3, 0.4) is 0 Å². The average molecular weight is 347 g/mol. The summed E-state index contributed by atoms with van der Waals surface area (Å²) in [6.07, 6.45) is -0.701. The number of aliphatic hydroxyl groups is 1. The van der Waals surface area contributed by atoms with Crippen LogP contribution in [0.4, 0.5) is 5.69 Å². The number of rotatable bonds is 6. The normalized spacial score (nSPS) is 12.0. The molecule has 3 nitrogen and oxygen atoms in total. The van der Waals surface area contributed by atoms with Gasteiger partial charge in [-0.05, 0) is 36.4 Å². The molecule has 0 aliphatic carbocycles. The van der Waals surface area contributed by atoms with Crippen LogP contribution in [0, 0.1) is 0 Å². The van der Waals surface area contributed by atoms with E-state index in [1.54, 1.807) is 42.5 Å². The third-order valence-electron chi connectivity index (χ3n) is 2.73. The van der Waals surface area contributed by atoms with E-state index in [9.17, 15) is 5.11 Å². The van der Waals surface area contributed by atoms with Gasteiger partial charge in [-0.2, -0.15) is 0 Å². The molecule has 0 saturated heterocycles. The maximum Gasteiger partial charge on any atom is 0.119 e. The molecular weight excluding hydrogens is 333 g/mol. The topological polar surface area (TPSA) is 41.5 Å². The van der Waals surface area contributed by atoms with Crippen molar-refractivity contribution < 1.29 is 9.84 Å². The fourth-order valence-electron chi connectivity index (χ4n) is 1.67. The van der Waals surface area contributed by atoms with Gasteiger partial charge >= 0.3 is 0 Å². The molecule has 0 amide bonds. The van der Waals surface area contributed by atoms with E-state index in [1.165, 1.54) is 0 Å². The number of nitrogens with one attached hydrogen (secondary N) is 1. The summed E-state index contributed by atoms with van der Waals surface area (Å²) in [5.74, 6) is 0.647. The van der Waals surface area contributed by atoms with Crippen LogP contribution >= 0.6 is 34.8 Å². The molecule has 0 aliphatic rings. The molecule has 2 N–H and O–H groups in total. The maximum atomic E-state index is 9.91. The number of benzene rings is 2. The van der Waals surface area contributed by atoms with Crippen LogP contribution in [0.15, 0.2) is 42.5 Å². The second-order valence-electron chi connectivity index (χ2n) is 4.40. The second-order valence-corrected chi connectivity index (χ2v) is 5.65. The number of ether oxygens (including phenoxy) is 1. The van der Waals surface area contributed by atoms with Crippen LogP contribution in [0.1, 0.15) is 0 Å². The smallest absolute Gasteiger partial charge is 0.119 e. The van der Waals surface area contributed by atoms with E-state index >= 15 is 0 Å². The first-order chi connectivity index (χ1) is 10.1. The first-order valence-electron chi connectivity index (χ1n) is 6.30. The molecule has 0 spiro atoms. The molecule has 0 fully saturated rings. The van der Waals surface area contributed by atoms with Crippen LogP contribution < -0.4 is 10.1 Å². The molecule has 2 rings (SSSR count). The summed E-state index contributed by atoms with van der Waals surface area (Å²) >= 11 is 17.8. The van der Waals surface area contributed by atoms with Crippen molar-refractivity contribution in [3.05, 3.63) is 57.5 Å². The van der Waals surface area contributed by atoms with Crippen LogP contribution in [0.5, 0.6) is 5.75 Å². The number of halogens is 3. The van der Waals surface area contributed by atoms with Gasteiger partial charge in [0.05, 0.1) is 15.7 Å². The lowest BCUT2D eigenvalue weighted by Gasteiger charge is -2.15. The van der Waals surface area contributed by atoms with E-state index in [2.05, 4.69) is 5.32 Å². The van der Waals surface area contributed by atoms with Gasteiger partial charge in [0, 0.05) is 11.6 Å². The van der Waals surface area contributed by atoms with E-state index in [-0.39, 0.29) is 13.2 Å².